The molecule has 100 valence electrons. The van der Waals surface area contributed by atoms with Crippen molar-refractivity contribution in [3.05, 3.63) is 35.4 Å². The molecule has 2 heteroatoms. The minimum absolute atomic E-state index is 0.480. The van der Waals surface area contributed by atoms with Gasteiger partial charge >= 0.3 is 0 Å². The summed E-state index contributed by atoms with van der Waals surface area (Å²) in [6, 6.07) is 9.40. The van der Waals surface area contributed by atoms with Gasteiger partial charge in [0.2, 0.25) is 0 Å². The molecule has 0 radical (unpaired) electrons. The van der Waals surface area contributed by atoms with Crippen LogP contribution in [0, 0.1) is 6.92 Å². The molecule has 1 saturated heterocycles. The number of aryl methyl sites for hydroxylation is 1. The van der Waals surface area contributed by atoms with Crippen molar-refractivity contribution in [1.82, 2.24) is 10.2 Å². The van der Waals surface area contributed by atoms with Crippen molar-refractivity contribution in [2.45, 2.75) is 39.2 Å². The van der Waals surface area contributed by atoms with Crippen LogP contribution >= 0.6 is 0 Å². The van der Waals surface area contributed by atoms with Crippen LogP contribution in [0.2, 0.25) is 0 Å². The van der Waals surface area contributed by atoms with E-state index >= 15 is 0 Å². The zero-order chi connectivity index (χ0) is 12.8. The Labute approximate surface area is 111 Å². The highest BCUT2D eigenvalue weighted by Crippen LogP contribution is 2.18. The maximum atomic E-state index is 3.63. The molecule has 18 heavy (non-hydrogen) atoms. The van der Waals surface area contributed by atoms with E-state index < -0.39 is 0 Å². The van der Waals surface area contributed by atoms with E-state index in [1.807, 2.05) is 0 Å². The summed E-state index contributed by atoms with van der Waals surface area (Å²) in [4.78, 5) is 2.61. The number of nitrogens with one attached hydrogen (secondary N) is 1. The first-order valence-corrected chi connectivity index (χ1v) is 7.32. The van der Waals surface area contributed by atoms with Gasteiger partial charge in [-0.15, -0.1) is 0 Å². The summed E-state index contributed by atoms with van der Waals surface area (Å²) in [7, 11) is 0. The van der Waals surface area contributed by atoms with Crippen LogP contribution < -0.4 is 5.32 Å². The Morgan fingerprint density at radius 1 is 1.22 bits per heavy atom. The van der Waals surface area contributed by atoms with Crippen LogP contribution in [0.5, 0.6) is 0 Å². The van der Waals surface area contributed by atoms with Gasteiger partial charge in [0.1, 0.15) is 0 Å². The molecule has 0 bridgehead atoms. The molecule has 1 aliphatic rings. The second-order valence-electron chi connectivity index (χ2n) is 5.39. The summed E-state index contributed by atoms with van der Waals surface area (Å²) in [5, 5.41) is 3.63. The van der Waals surface area contributed by atoms with E-state index in [4.69, 9.17) is 0 Å². The predicted octanol–water partition coefficient (Wildman–Crippen LogP) is 3.13. The smallest absolute Gasteiger partial charge is 0.0449 e. The van der Waals surface area contributed by atoms with Crippen molar-refractivity contribution < 1.29 is 0 Å². The summed E-state index contributed by atoms with van der Waals surface area (Å²) < 4.78 is 0. The molecule has 1 fully saturated rings. The standard InChI is InChI=1S/C16H26N2/c1-3-17-16(13-18-10-5-4-6-11-18)15-9-7-8-14(2)12-15/h7-9,12,16-17H,3-6,10-11,13H2,1-2H3. The van der Waals surface area contributed by atoms with Crippen molar-refractivity contribution >= 4 is 0 Å². The molecular weight excluding hydrogens is 220 g/mol. The topological polar surface area (TPSA) is 15.3 Å². The van der Waals surface area contributed by atoms with Gasteiger partial charge in [-0.05, 0) is 45.0 Å². The zero-order valence-electron chi connectivity index (χ0n) is 11.8. The number of nitrogens with zero attached hydrogens (tertiary/aromatic N) is 1. The first-order valence-electron chi connectivity index (χ1n) is 7.32. The molecule has 1 aromatic rings. The second kappa shape index (κ2) is 6.91. The molecule has 1 N–H and O–H groups in total. The fraction of sp³-hybridized carbons (Fsp3) is 0.625. The summed E-state index contributed by atoms with van der Waals surface area (Å²) in [5.41, 5.74) is 2.79. The van der Waals surface area contributed by atoms with Gasteiger partial charge in [-0.25, -0.2) is 0 Å². The third-order valence-corrected chi connectivity index (χ3v) is 3.78. The molecule has 1 atom stereocenters. The number of hydrogen-bond acceptors (Lipinski definition) is 2. The Hall–Kier alpha value is -0.860. The fourth-order valence-corrected chi connectivity index (χ4v) is 2.82. The predicted molar refractivity (Wildman–Crippen MR) is 77.9 cm³/mol. The molecule has 1 aromatic carbocycles. The first-order chi connectivity index (χ1) is 8.79. The molecule has 2 nitrogen and oxygen atoms in total. The highest BCUT2D eigenvalue weighted by atomic mass is 15.1. The van der Waals surface area contributed by atoms with Crippen molar-refractivity contribution in [3.63, 3.8) is 0 Å². The van der Waals surface area contributed by atoms with Gasteiger partial charge in [-0.1, -0.05) is 43.2 Å². The largest absolute Gasteiger partial charge is 0.309 e. The van der Waals surface area contributed by atoms with Crippen LogP contribution in [-0.4, -0.2) is 31.1 Å². The van der Waals surface area contributed by atoms with E-state index in [2.05, 4.69) is 48.3 Å². The van der Waals surface area contributed by atoms with Gasteiger partial charge in [0, 0.05) is 12.6 Å². The third-order valence-electron chi connectivity index (χ3n) is 3.78. The lowest BCUT2D eigenvalue weighted by molar-refractivity contribution is 0.206. The maximum Gasteiger partial charge on any atom is 0.0449 e. The average Bonchev–Trinajstić information content (AvgIpc) is 2.39. The summed E-state index contributed by atoms with van der Waals surface area (Å²) in [5.74, 6) is 0. The minimum Gasteiger partial charge on any atom is -0.309 e. The highest BCUT2D eigenvalue weighted by molar-refractivity contribution is 5.25. The first kappa shape index (κ1) is 13.6. The minimum atomic E-state index is 0.480. The SMILES string of the molecule is CCNC(CN1CCCCC1)c1cccc(C)c1. The van der Waals surface area contributed by atoms with Crippen LogP contribution in [0.25, 0.3) is 0 Å². The van der Waals surface area contributed by atoms with E-state index in [-0.39, 0.29) is 0 Å². The van der Waals surface area contributed by atoms with Crippen LogP contribution in [0.1, 0.15) is 43.4 Å². The van der Waals surface area contributed by atoms with Crippen LogP contribution in [0.4, 0.5) is 0 Å². The number of likely N-dealkylation sites (tertiary alicyclic amines) is 1. The molecule has 0 aromatic heterocycles. The van der Waals surface area contributed by atoms with E-state index in [0.717, 1.165) is 13.1 Å². The van der Waals surface area contributed by atoms with Gasteiger partial charge in [0.15, 0.2) is 0 Å². The van der Waals surface area contributed by atoms with Gasteiger partial charge in [0.25, 0.3) is 0 Å². The highest BCUT2D eigenvalue weighted by Gasteiger charge is 2.17. The van der Waals surface area contributed by atoms with Crippen molar-refractivity contribution in [2.75, 3.05) is 26.2 Å². The third kappa shape index (κ3) is 3.82. The lowest BCUT2D eigenvalue weighted by Gasteiger charge is -2.31. The summed E-state index contributed by atoms with van der Waals surface area (Å²) in [6.07, 6.45) is 4.14. The lowest BCUT2D eigenvalue weighted by Crippen LogP contribution is -2.38. The molecule has 1 heterocycles. The molecule has 1 aliphatic heterocycles. The molecule has 0 saturated carbocycles. The number of rotatable bonds is 5. The Morgan fingerprint density at radius 3 is 2.67 bits per heavy atom. The van der Waals surface area contributed by atoms with Gasteiger partial charge in [0.05, 0.1) is 0 Å². The second-order valence-corrected chi connectivity index (χ2v) is 5.39. The number of piperidine rings is 1. The van der Waals surface area contributed by atoms with Crippen LogP contribution in [-0.2, 0) is 0 Å². The summed E-state index contributed by atoms with van der Waals surface area (Å²) >= 11 is 0. The fourth-order valence-electron chi connectivity index (χ4n) is 2.82. The van der Waals surface area contributed by atoms with E-state index in [1.165, 1.54) is 43.5 Å². The molecule has 0 aliphatic carbocycles. The molecular formula is C16H26N2. The number of likely N-dealkylation sites (N-methyl/N-ethyl adjacent to an activating group) is 1. The van der Waals surface area contributed by atoms with E-state index in [1.54, 1.807) is 0 Å². The molecule has 1 unspecified atom stereocenters. The maximum absolute atomic E-state index is 3.63. The lowest BCUT2D eigenvalue weighted by atomic mass is 10.0. The number of benzene rings is 1. The normalized spacial score (nSPS) is 18.8. The van der Waals surface area contributed by atoms with Crippen LogP contribution in [0.3, 0.4) is 0 Å². The molecule has 2 rings (SSSR count). The summed E-state index contributed by atoms with van der Waals surface area (Å²) in [6.45, 7) is 9.09. The monoisotopic (exact) mass is 246 g/mol. The Bertz CT molecular complexity index is 356. The van der Waals surface area contributed by atoms with E-state index in [0.29, 0.717) is 6.04 Å². The number of hydrogen-bond donors (Lipinski definition) is 1. The Balaban J connectivity index is 2.02. The Morgan fingerprint density at radius 2 is 2.00 bits per heavy atom. The molecule has 0 amide bonds. The van der Waals surface area contributed by atoms with Crippen molar-refractivity contribution in [1.29, 1.82) is 0 Å². The average molecular weight is 246 g/mol. The van der Waals surface area contributed by atoms with Crippen molar-refractivity contribution in [2.24, 2.45) is 0 Å². The quantitative estimate of drug-likeness (QED) is 0.858. The zero-order valence-corrected chi connectivity index (χ0v) is 11.8. The van der Waals surface area contributed by atoms with Crippen LogP contribution in [0.15, 0.2) is 24.3 Å². The van der Waals surface area contributed by atoms with E-state index in [9.17, 15) is 0 Å². The van der Waals surface area contributed by atoms with Gasteiger partial charge in [-0.2, -0.15) is 0 Å². The molecule has 0 spiro atoms. The van der Waals surface area contributed by atoms with Crippen molar-refractivity contribution in [3.8, 4) is 0 Å². The van der Waals surface area contributed by atoms with Gasteiger partial charge in [-0.3, -0.25) is 0 Å². The van der Waals surface area contributed by atoms with Gasteiger partial charge < -0.3 is 10.2 Å². The Kier molecular flexibility index (Phi) is 5.21.